The van der Waals surface area contributed by atoms with E-state index >= 15 is 0 Å². The fraction of sp³-hybridized carbons (Fsp3) is 0.632. The molecule has 0 aliphatic carbocycles. The van der Waals surface area contributed by atoms with Crippen molar-refractivity contribution in [1.82, 2.24) is 4.90 Å². The molecular formula is C19H24F4N2O4S. The quantitative estimate of drug-likeness (QED) is 0.645. The molecule has 0 aromatic heterocycles. The summed E-state index contributed by atoms with van der Waals surface area (Å²) in [4.78, 5) is 5.89. The Morgan fingerprint density at radius 1 is 1.17 bits per heavy atom. The van der Waals surface area contributed by atoms with Gasteiger partial charge in [0.25, 0.3) is 0 Å². The summed E-state index contributed by atoms with van der Waals surface area (Å²) >= 11 is 1.09. The highest BCUT2D eigenvalue weighted by atomic mass is 32.2. The number of ether oxygens (including phenoxy) is 2. The zero-order valence-corrected chi connectivity index (χ0v) is 17.2. The van der Waals surface area contributed by atoms with Crippen molar-refractivity contribution in [3.05, 3.63) is 35.4 Å². The van der Waals surface area contributed by atoms with Crippen LogP contribution in [0.1, 0.15) is 11.1 Å². The molecule has 3 rings (SSSR count). The molecule has 168 valence electrons. The molecule has 1 aromatic carbocycles. The first kappa shape index (κ1) is 23.3. The maximum absolute atomic E-state index is 13.7. The highest BCUT2D eigenvalue weighted by molar-refractivity contribution is 8.14. The van der Waals surface area contributed by atoms with E-state index in [4.69, 9.17) is 9.47 Å². The number of aryl methyl sites for hydroxylation is 1. The summed E-state index contributed by atoms with van der Waals surface area (Å²) in [5.41, 5.74) is 0.326. The first-order chi connectivity index (χ1) is 14.1. The van der Waals surface area contributed by atoms with Crippen LogP contribution < -0.4 is 0 Å². The molecule has 2 aliphatic rings. The number of hydrogen-bond donors (Lipinski definition) is 2. The van der Waals surface area contributed by atoms with Gasteiger partial charge in [-0.1, -0.05) is 36.0 Å². The minimum absolute atomic E-state index is 0.226. The number of alkyl halides is 4. The number of benzene rings is 1. The maximum Gasteiger partial charge on any atom is 0.417 e. The largest absolute Gasteiger partial charge is 0.417 e. The zero-order chi connectivity index (χ0) is 22.1. The van der Waals surface area contributed by atoms with Crippen molar-refractivity contribution >= 4 is 16.9 Å². The van der Waals surface area contributed by atoms with Gasteiger partial charge in [-0.2, -0.15) is 13.2 Å². The fourth-order valence-corrected chi connectivity index (χ4v) is 4.46. The van der Waals surface area contributed by atoms with E-state index in [0.29, 0.717) is 10.7 Å². The second-order valence-electron chi connectivity index (χ2n) is 7.39. The molecule has 0 saturated carbocycles. The van der Waals surface area contributed by atoms with Crippen LogP contribution in [0, 0.1) is 0 Å². The van der Waals surface area contributed by atoms with Crippen LogP contribution in [0.3, 0.4) is 0 Å². The Morgan fingerprint density at radius 2 is 1.80 bits per heavy atom. The van der Waals surface area contributed by atoms with Gasteiger partial charge in [-0.3, -0.25) is 9.38 Å². The summed E-state index contributed by atoms with van der Waals surface area (Å²) < 4.78 is 64.2. The molecule has 2 heterocycles. The van der Waals surface area contributed by atoms with Crippen molar-refractivity contribution in [2.45, 2.75) is 55.1 Å². The summed E-state index contributed by atoms with van der Waals surface area (Å²) in [6.45, 7) is -0.909. The number of halogens is 4. The van der Waals surface area contributed by atoms with Crippen LogP contribution in [0.4, 0.5) is 17.6 Å². The summed E-state index contributed by atoms with van der Waals surface area (Å²) in [6, 6.07) is 5.50. The first-order valence-corrected chi connectivity index (χ1v) is 10.2. The SMILES string of the molecule is CN(C)C1=N[C@@H]2[C@@H](O)[C@H](O)C([C@@H](OCc3ccc(CCF)cc3)C(F)(F)F)O[C@@H]2S1. The molecule has 6 nitrogen and oxygen atoms in total. The molecule has 0 radical (unpaired) electrons. The number of aliphatic hydroxyl groups is 2. The van der Waals surface area contributed by atoms with Crippen LogP contribution in [-0.2, 0) is 22.5 Å². The molecule has 1 aromatic rings. The lowest BCUT2D eigenvalue weighted by molar-refractivity contribution is -0.286. The number of thioether (sulfide) groups is 1. The van der Waals surface area contributed by atoms with Gasteiger partial charge in [-0.05, 0) is 11.1 Å². The second kappa shape index (κ2) is 9.39. The van der Waals surface area contributed by atoms with Gasteiger partial charge in [0, 0.05) is 20.5 Å². The van der Waals surface area contributed by atoms with E-state index in [2.05, 4.69) is 4.99 Å². The molecule has 1 saturated heterocycles. The number of rotatable bonds is 6. The standard InChI is InChI=1S/C19H24F4N2O4S/c1-25(2)18-24-12-13(26)14(27)15(29-17(12)30-18)16(19(21,22)23)28-9-11-5-3-10(4-6-11)7-8-20/h3-6,12-17,26-27H,7-9H2,1-2H3/t12-,13-,14+,15?,16-,17-/m1/s1. The Morgan fingerprint density at radius 3 is 2.37 bits per heavy atom. The molecule has 1 fully saturated rings. The van der Waals surface area contributed by atoms with E-state index in [9.17, 15) is 27.8 Å². The minimum Gasteiger partial charge on any atom is -0.388 e. The van der Waals surface area contributed by atoms with Crippen molar-refractivity contribution in [3.8, 4) is 0 Å². The topological polar surface area (TPSA) is 74.5 Å². The van der Waals surface area contributed by atoms with Crippen molar-refractivity contribution in [3.63, 3.8) is 0 Å². The lowest BCUT2D eigenvalue weighted by Gasteiger charge is -2.41. The lowest BCUT2D eigenvalue weighted by atomic mass is 9.94. The summed E-state index contributed by atoms with van der Waals surface area (Å²) in [5.74, 6) is 0. The van der Waals surface area contributed by atoms with Gasteiger partial charge in [0.2, 0.25) is 0 Å². The third kappa shape index (κ3) is 5.08. The highest BCUT2D eigenvalue weighted by Gasteiger charge is 2.57. The monoisotopic (exact) mass is 452 g/mol. The Bertz CT molecular complexity index is 747. The molecular weight excluding hydrogens is 428 g/mol. The summed E-state index contributed by atoms with van der Waals surface area (Å²) in [6.07, 6.45) is -12.2. The smallest absolute Gasteiger partial charge is 0.388 e. The molecule has 2 aliphatic heterocycles. The molecule has 1 unspecified atom stereocenters. The second-order valence-corrected chi connectivity index (χ2v) is 8.46. The van der Waals surface area contributed by atoms with Gasteiger partial charge >= 0.3 is 6.18 Å². The van der Waals surface area contributed by atoms with E-state index in [1.54, 1.807) is 43.3 Å². The predicted molar refractivity (Wildman–Crippen MR) is 104 cm³/mol. The van der Waals surface area contributed by atoms with Crippen LogP contribution in [0.25, 0.3) is 0 Å². The molecule has 11 heteroatoms. The van der Waals surface area contributed by atoms with Crippen LogP contribution >= 0.6 is 11.8 Å². The van der Waals surface area contributed by atoms with Gasteiger partial charge in [-0.15, -0.1) is 0 Å². The van der Waals surface area contributed by atoms with Crippen LogP contribution in [0.5, 0.6) is 0 Å². The highest BCUT2D eigenvalue weighted by Crippen LogP contribution is 2.41. The van der Waals surface area contributed by atoms with Gasteiger partial charge in [0.1, 0.15) is 29.8 Å². The minimum atomic E-state index is -4.83. The normalized spacial score (nSPS) is 30.0. The number of hydrogen-bond acceptors (Lipinski definition) is 7. The zero-order valence-electron chi connectivity index (χ0n) is 16.4. The molecule has 6 atom stereocenters. The van der Waals surface area contributed by atoms with Crippen molar-refractivity contribution in [2.24, 2.45) is 4.99 Å². The van der Waals surface area contributed by atoms with Crippen LogP contribution in [0.2, 0.25) is 0 Å². The van der Waals surface area contributed by atoms with Crippen LogP contribution in [0.15, 0.2) is 29.3 Å². The van der Waals surface area contributed by atoms with Gasteiger partial charge in [0.15, 0.2) is 11.3 Å². The Kier molecular flexibility index (Phi) is 7.28. The predicted octanol–water partition coefficient (Wildman–Crippen LogP) is 2.13. The Balaban J connectivity index is 1.72. The lowest BCUT2D eigenvalue weighted by Crippen LogP contribution is -2.61. The molecule has 0 amide bonds. The number of nitrogens with zero attached hydrogens (tertiary/aromatic N) is 2. The average Bonchev–Trinajstić information content (AvgIpc) is 3.11. The number of fused-ring (bicyclic) bond motifs is 1. The molecule has 2 N–H and O–H groups in total. The van der Waals surface area contributed by atoms with Crippen molar-refractivity contribution in [1.29, 1.82) is 0 Å². The number of amidine groups is 1. The third-order valence-electron chi connectivity index (χ3n) is 4.93. The number of aliphatic imine (C=N–C) groups is 1. The molecule has 0 bridgehead atoms. The van der Waals surface area contributed by atoms with Crippen molar-refractivity contribution < 1.29 is 37.2 Å². The van der Waals surface area contributed by atoms with E-state index in [-0.39, 0.29) is 13.0 Å². The first-order valence-electron chi connectivity index (χ1n) is 9.37. The Labute approximate surface area is 175 Å². The van der Waals surface area contributed by atoms with Gasteiger partial charge < -0.3 is 24.6 Å². The third-order valence-corrected chi connectivity index (χ3v) is 6.23. The van der Waals surface area contributed by atoms with E-state index in [1.807, 2.05) is 0 Å². The van der Waals surface area contributed by atoms with E-state index in [1.165, 1.54) is 0 Å². The van der Waals surface area contributed by atoms with Gasteiger partial charge in [0.05, 0.1) is 13.3 Å². The van der Waals surface area contributed by atoms with E-state index in [0.717, 1.165) is 17.3 Å². The van der Waals surface area contributed by atoms with Gasteiger partial charge in [-0.25, -0.2) is 0 Å². The fourth-order valence-electron chi connectivity index (χ4n) is 3.31. The number of aliphatic hydroxyl groups excluding tert-OH is 2. The molecule has 0 spiro atoms. The maximum atomic E-state index is 13.7. The average molecular weight is 452 g/mol. The summed E-state index contributed by atoms with van der Waals surface area (Å²) in [5, 5.41) is 21.2. The van der Waals surface area contributed by atoms with Crippen LogP contribution in [-0.4, -0.2) is 83.1 Å². The van der Waals surface area contributed by atoms with E-state index < -0.39 is 48.7 Å². The summed E-state index contributed by atoms with van der Waals surface area (Å²) in [7, 11) is 3.42. The Hall–Kier alpha value is -1.40. The molecule has 30 heavy (non-hydrogen) atoms. The van der Waals surface area contributed by atoms with Crippen molar-refractivity contribution in [2.75, 3.05) is 20.8 Å².